The van der Waals surface area contributed by atoms with E-state index in [1.54, 1.807) is 14.2 Å². The molecule has 1 saturated carbocycles. The first-order valence-corrected chi connectivity index (χ1v) is 44.4. The van der Waals surface area contributed by atoms with Crippen molar-refractivity contribution in [3.05, 3.63) is 37.5 Å². The van der Waals surface area contributed by atoms with Gasteiger partial charge < -0.3 is 43.5 Å². The number of phosphoric ester groups is 1. The highest BCUT2D eigenvalue weighted by molar-refractivity contribution is 7.48. The van der Waals surface area contributed by atoms with Crippen LogP contribution in [0.4, 0.5) is 0 Å². The highest BCUT2D eigenvalue weighted by Crippen LogP contribution is 2.53. The first-order chi connectivity index (χ1) is 47.3. The molecule has 98 heavy (non-hydrogen) atoms. The van der Waals surface area contributed by atoms with Crippen molar-refractivity contribution < 1.29 is 65.4 Å². The van der Waals surface area contributed by atoms with Crippen LogP contribution in [0, 0.1) is 11.8 Å². The van der Waals surface area contributed by atoms with Gasteiger partial charge in [-0.3, -0.25) is 28.0 Å². The number of amides is 2. The normalized spacial score (nSPS) is 22.0. The van der Waals surface area contributed by atoms with E-state index in [1.165, 1.54) is 147 Å². The Morgan fingerprint density at radius 2 is 1.05 bits per heavy atom. The van der Waals surface area contributed by atoms with Gasteiger partial charge in [0.15, 0.2) is 14.6 Å². The molecule has 1 saturated heterocycles. The molecule has 0 bridgehead atoms. The number of allylic oxidation sites excluding steroid dienone is 2. The Kier molecular flexibility index (Phi) is 53.7. The smallest absolute Gasteiger partial charge is 0.412 e. The van der Waals surface area contributed by atoms with E-state index < -0.39 is 65.0 Å². The minimum absolute atomic E-state index is 0.0256. The van der Waals surface area contributed by atoms with Crippen molar-refractivity contribution in [2.24, 2.45) is 11.8 Å². The quantitative estimate of drug-likeness (QED) is 0.0193. The first-order valence-electron chi connectivity index (χ1n) is 40.0. The molecule has 0 unspecified atom stereocenters. The zero-order chi connectivity index (χ0) is 72.1. The van der Waals surface area contributed by atoms with Crippen LogP contribution in [0.1, 0.15) is 319 Å². The Bertz CT molecular complexity index is 2080. The van der Waals surface area contributed by atoms with E-state index in [-0.39, 0.29) is 86.5 Å². The van der Waals surface area contributed by atoms with Crippen LogP contribution in [-0.2, 0) is 65.4 Å². The molecule has 0 radical (unpaired) electrons. The van der Waals surface area contributed by atoms with Crippen molar-refractivity contribution in [3.63, 3.8) is 0 Å². The number of rotatable bonds is 65. The van der Waals surface area contributed by atoms with Gasteiger partial charge in [0.1, 0.15) is 30.1 Å². The summed E-state index contributed by atoms with van der Waals surface area (Å²) < 4.78 is 80.7. The number of methoxy groups -OCH3 is 2. The van der Waals surface area contributed by atoms with E-state index in [4.69, 9.17) is 46.4 Å². The number of carbonyl (C=O) groups is 3. The minimum Gasteiger partial charge on any atom is -0.412 e. The van der Waals surface area contributed by atoms with Gasteiger partial charge in [-0.05, 0) is 94.2 Å². The van der Waals surface area contributed by atoms with Crippen LogP contribution in [0.25, 0.3) is 0 Å². The van der Waals surface area contributed by atoms with E-state index in [9.17, 15) is 18.9 Å². The maximum atomic E-state index is 14.8. The van der Waals surface area contributed by atoms with Gasteiger partial charge in [0.05, 0.1) is 57.2 Å². The second kappa shape index (κ2) is 57.2. The molecule has 0 aromatic heterocycles. The van der Waals surface area contributed by atoms with Crippen LogP contribution in [0.2, 0.25) is 18.1 Å². The summed E-state index contributed by atoms with van der Waals surface area (Å²) in [6.07, 6.45) is 44.7. The number of hydrogen-bond acceptors (Lipinski definition) is 14. The van der Waals surface area contributed by atoms with Crippen LogP contribution in [0.3, 0.4) is 0 Å². The minimum atomic E-state index is -4.39. The van der Waals surface area contributed by atoms with Gasteiger partial charge in [0, 0.05) is 40.3 Å². The lowest BCUT2D eigenvalue weighted by Gasteiger charge is -2.50. The fourth-order valence-corrected chi connectivity index (χ4v) is 15.9. The molecule has 16 nitrogen and oxygen atoms in total. The molecule has 2 fully saturated rings. The number of Topliss-reactive ketones (excluding diaryl/α,β-unsaturated/α-hetero) is 1. The fraction of sp³-hybridized carbons (Fsp3) is 0.887. The van der Waals surface area contributed by atoms with Crippen LogP contribution >= 0.6 is 7.82 Å². The number of phosphoric acid groups is 1. The second-order valence-corrected chi connectivity index (χ2v) is 36.5. The molecule has 1 heterocycles. The average molecular weight is 1420 g/mol. The number of unbranched alkanes of at least 4 members (excludes halogenated alkanes) is 30. The SMILES string of the molecule is C=CCOP(=O)(OCC=C)O[C@H]1[C@H](OCC[C@@H](CCCCCCC)OC)[C@@H](NC(=O)CCCCCCCCC/C=C\CCCCCC)[C@H](OC[C@H]2C[C@@H](O[Si](C)(C)C(C)(C)C)[C@H](NC(=O)CC(=O)CCCCCCCCCCC)[C@@H](OCCCCCCCCCC)[C@@H]2C)O[C@@H]1COC. The van der Waals surface area contributed by atoms with Crippen LogP contribution in [-0.4, -0.2) is 135 Å². The fourth-order valence-electron chi connectivity index (χ4n) is 13.3. The molecule has 2 aliphatic rings. The molecule has 11 atom stereocenters. The van der Waals surface area contributed by atoms with Crippen molar-refractivity contribution in [2.75, 3.05) is 53.9 Å². The van der Waals surface area contributed by atoms with E-state index >= 15 is 0 Å². The molecule has 0 aromatic carbocycles. The third kappa shape index (κ3) is 40.8. The molecule has 2 amide bonds. The maximum Gasteiger partial charge on any atom is 0.475 e. The number of nitrogens with one attached hydrogen (secondary N) is 2. The van der Waals surface area contributed by atoms with Gasteiger partial charge in [-0.15, -0.1) is 13.2 Å². The Balaban J connectivity index is 2.67. The predicted molar refractivity (Wildman–Crippen MR) is 406 cm³/mol. The van der Waals surface area contributed by atoms with Gasteiger partial charge in [-0.25, -0.2) is 4.57 Å². The maximum absolute atomic E-state index is 14.8. The van der Waals surface area contributed by atoms with E-state index in [2.05, 4.69) is 104 Å². The van der Waals surface area contributed by atoms with Crippen molar-refractivity contribution in [2.45, 2.75) is 392 Å². The Labute approximate surface area is 601 Å². The van der Waals surface area contributed by atoms with Gasteiger partial charge >= 0.3 is 7.82 Å². The molecule has 0 aromatic rings. The monoisotopic (exact) mass is 1420 g/mol. The lowest BCUT2D eigenvalue weighted by atomic mass is 9.74. The van der Waals surface area contributed by atoms with Crippen molar-refractivity contribution in [1.29, 1.82) is 0 Å². The Morgan fingerprint density at radius 3 is 1.57 bits per heavy atom. The summed E-state index contributed by atoms with van der Waals surface area (Å²) in [4.78, 5) is 42.6. The molecule has 2 N–H and O–H groups in total. The van der Waals surface area contributed by atoms with E-state index in [0.29, 0.717) is 32.3 Å². The van der Waals surface area contributed by atoms with E-state index in [1.807, 2.05) is 0 Å². The predicted octanol–water partition coefficient (Wildman–Crippen LogP) is 20.9. The standard InChI is InChI=1S/C80H151N2O14PSi/c1-15-21-25-29-32-35-36-37-38-39-40-42-44-48-52-56-72(84)81-75-78(90-61-57-69(88-12)55-51-46-28-24-18-4)77(95-97(86,92-58-19-5)93-59-20-6)71(65-87-11)94-79(75)91-64-67-62-70(96-98(13,14)80(8,9)10)74(76(66(67)7)89-60-53-49-45-34-31-27-23-17-3)82-73(85)63-68(83)54-50-47-43-41-33-30-26-22-16-2/h19-20,35-36,66-67,69-71,74-79H,5-6,15-18,21-34,37-65H2,1-4,7-14H3,(H,81,84)(H,82,85)/b36-35-/t66-,67-,69-,70-,71-,74+,75-,76+,77-,78-,79-/m1/s1. The van der Waals surface area contributed by atoms with Gasteiger partial charge in [-0.2, -0.15) is 0 Å². The summed E-state index contributed by atoms with van der Waals surface area (Å²) in [6, 6.07) is -1.52. The van der Waals surface area contributed by atoms with Crippen LogP contribution in [0.5, 0.6) is 0 Å². The Morgan fingerprint density at radius 1 is 0.571 bits per heavy atom. The third-order valence-electron chi connectivity index (χ3n) is 20.5. The molecule has 1 aliphatic carbocycles. The number of hydrogen-bond donors (Lipinski definition) is 2. The molecular formula is C80H151N2O14PSi. The largest absolute Gasteiger partial charge is 0.475 e. The third-order valence-corrected chi connectivity index (χ3v) is 26.4. The number of ether oxygens (including phenoxy) is 6. The summed E-state index contributed by atoms with van der Waals surface area (Å²) in [6.45, 7) is 30.4. The molecule has 18 heteroatoms. The summed E-state index contributed by atoms with van der Waals surface area (Å²) in [5.41, 5.74) is 0. The summed E-state index contributed by atoms with van der Waals surface area (Å²) >= 11 is 0. The number of carbonyl (C=O) groups excluding carboxylic acids is 3. The molecule has 2 rings (SSSR count). The van der Waals surface area contributed by atoms with Gasteiger partial charge in [0.25, 0.3) is 0 Å². The van der Waals surface area contributed by atoms with Crippen molar-refractivity contribution in [1.82, 2.24) is 10.6 Å². The van der Waals surface area contributed by atoms with Crippen LogP contribution in [0.15, 0.2) is 37.5 Å². The highest BCUT2D eigenvalue weighted by atomic mass is 31.2. The summed E-state index contributed by atoms with van der Waals surface area (Å²) in [5, 5.41) is 6.56. The lowest BCUT2D eigenvalue weighted by Crippen LogP contribution is -2.66. The summed E-state index contributed by atoms with van der Waals surface area (Å²) in [5.74, 6) is -0.916. The molecule has 0 spiro atoms. The molecule has 574 valence electrons. The topological polar surface area (TPSA) is 185 Å². The lowest BCUT2D eigenvalue weighted by molar-refractivity contribution is -0.281. The zero-order valence-electron chi connectivity index (χ0n) is 65.0. The van der Waals surface area contributed by atoms with Crippen molar-refractivity contribution >= 4 is 33.7 Å². The molecule has 1 aliphatic heterocycles. The second-order valence-electron chi connectivity index (χ2n) is 30.1. The Hall–Kier alpha value is -2.12. The van der Waals surface area contributed by atoms with Crippen molar-refractivity contribution in [3.8, 4) is 0 Å². The van der Waals surface area contributed by atoms with Gasteiger partial charge in [0.2, 0.25) is 11.8 Å². The average Bonchev–Trinajstić information content (AvgIpc) is 0.782. The highest BCUT2D eigenvalue weighted by Gasteiger charge is 2.54. The van der Waals surface area contributed by atoms with E-state index in [0.717, 1.165) is 89.9 Å². The number of ketones is 1. The van der Waals surface area contributed by atoms with Crippen LogP contribution < -0.4 is 10.6 Å². The van der Waals surface area contributed by atoms with Gasteiger partial charge in [-0.1, -0.05) is 259 Å². The zero-order valence-corrected chi connectivity index (χ0v) is 66.9. The molecular weight excluding hydrogens is 1270 g/mol. The summed E-state index contributed by atoms with van der Waals surface area (Å²) in [7, 11) is -3.62. The first kappa shape index (κ1) is 92.0.